The number of hydrogen-bond donors (Lipinski definition) is 1. The van der Waals surface area contributed by atoms with Gasteiger partial charge in [-0.15, -0.1) is 11.8 Å². The first-order chi connectivity index (χ1) is 15.0. The van der Waals surface area contributed by atoms with Crippen molar-refractivity contribution in [2.24, 2.45) is 0 Å². The maximum atomic E-state index is 13.3. The van der Waals surface area contributed by atoms with Crippen molar-refractivity contribution in [2.75, 3.05) is 48.8 Å². The first kappa shape index (κ1) is 21.6. The molecule has 0 spiro atoms. The van der Waals surface area contributed by atoms with Crippen LogP contribution in [0.3, 0.4) is 0 Å². The number of nitrogens with one attached hydrogen (secondary N) is 1. The molecule has 4 rings (SSSR count). The van der Waals surface area contributed by atoms with Gasteiger partial charge in [-0.2, -0.15) is 0 Å². The van der Waals surface area contributed by atoms with Crippen LogP contribution in [0.2, 0.25) is 5.02 Å². The van der Waals surface area contributed by atoms with E-state index >= 15 is 0 Å². The maximum absolute atomic E-state index is 13.3. The number of benzene rings is 2. The number of anilines is 2. The first-order valence-electron chi connectivity index (χ1n) is 10.2. The summed E-state index contributed by atoms with van der Waals surface area (Å²) >= 11 is 7.64. The summed E-state index contributed by atoms with van der Waals surface area (Å²) in [6, 6.07) is 15.1. The number of hydrogen-bond acceptors (Lipinski definition) is 5. The first-order valence-corrected chi connectivity index (χ1v) is 11.6. The summed E-state index contributed by atoms with van der Waals surface area (Å²) in [5.74, 6) is 0.918. The van der Waals surface area contributed by atoms with E-state index in [4.69, 9.17) is 16.3 Å². The summed E-state index contributed by atoms with van der Waals surface area (Å²) in [4.78, 5) is 30.7. The van der Waals surface area contributed by atoms with Gasteiger partial charge in [0.2, 0.25) is 0 Å². The average Bonchev–Trinajstić information content (AvgIpc) is 2.80. The predicted molar refractivity (Wildman–Crippen MR) is 126 cm³/mol. The van der Waals surface area contributed by atoms with Gasteiger partial charge in [0.25, 0.3) is 11.8 Å². The molecule has 0 radical (unpaired) electrons. The molecule has 8 heteroatoms. The van der Waals surface area contributed by atoms with Gasteiger partial charge in [-0.25, -0.2) is 0 Å². The normalized spacial score (nSPS) is 16.7. The molecule has 2 aromatic carbocycles. The van der Waals surface area contributed by atoms with E-state index in [0.717, 1.165) is 24.5 Å². The monoisotopic (exact) mass is 457 g/mol. The molecule has 162 valence electrons. The Labute approximate surface area is 191 Å². The third-order valence-corrected chi connectivity index (χ3v) is 6.69. The van der Waals surface area contributed by atoms with Crippen LogP contribution in [0, 0.1) is 0 Å². The van der Waals surface area contributed by atoms with Crippen molar-refractivity contribution >= 4 is 46.6 Å². The predicted octanol–water partition coefficient (Wildman–Crippen LogP) is 4.24. The Morgan fingerprint density at radius 2 is 1.81 bits per heavy atom. The number of amides is 2. The van der Waals surface area contributed by atoms with Crippen LogP contribution < -0.4 is 10.2 Å². The highest BCUT2D eigenvalue weighted by Crippen LogP contribution is 2.29. The van der Waals surface area contributed by atoms with E-state index in [1.54, 1.807) is 25.1 Å². The van der Waals surface area contributed by atoms with E-state index in [1.807, 2.05) is 23.1 Å². The third-order valence-electron chi connectivity index (χ3n) is 5.32. The van der Waals surface area contributed by atoms with E-state index in [-0.39, 0.29) is 11.8 Å². The second-order valence-corrected chi connectivity index (χ2v) is 8.88. The van der Waals surface area contributed by atoms with E-state index in [1.165, 1.54) is 11.8 Å². The zero-order valence-corrected chi connectivity index (χ0v) is 18.8. The molecule has 2 aliphatic heterocycles. The second kappa shape index (κ2) is 9.66. The van der Waals surface area contributed by atoms with Crippen molar-refractivity contribution in [1.29, 1.82) is 0 Å². The van der Waals surface area contributed by atoms with Gasteiger partial charge in [-0.3, -0.25) is 9.59 Å². The lowest BCUT2D eigenvalue weighted by Crippen LogP contribution is -2.49. The highest BCUT2D eigenvalue weighted by atomic mass is 35.5. The molecule has 0 atom stereocenters. The van der Waals surface area contributed by atoms with E-state index in [9.17, 15) is 9.59 Å². The Balaban J connectivity index is 1.48. The molecule has 2 heterocycles. The molecule has 0 aliphatic carbocycles. The Kier molecular flexibility index (Phi) is 6.73. The summed E-state index contributed by atoms with van der Waals surface area (Å²) in [6.45, 7) is 5.06. The Morgan fingerprint density at radius 3 is 2.52 bits per heavy atom. The zero-order valence-electron chi connectivity index (χ0n) is 17.3. The summed E-state index contributed by atoms with van der Waals surface area (Å²) in [6.07, 6.45) is 0. The molecule has 1 N–H and O–H groups in total. The molecule has 1 fully saturated rings. The van der Waals surface area contributed by atoms with Gasteiger partial charge >= 0.3 is 0 Å². The minimum atomic E-state index is -0.271. The van der Waals surface area contributed by atoms with Gasteiger partial charge in [-0.05, 0) is 37.3 Å². The van der Waals surface area contributed by atoms with Crippen molar-refractivity contribution in [1.82, 2.24) is 4.90 Å². The number of thioether (sulfide) groups is 1. The Morgan fingerprint density at radius 1 is 1.06 bits per heavy atom. The average molecular weight is 458 g/mol. The maximum Gasteiger partial charge on any atom is 0.265 e. The van der Waals surface area contributed by atoms with Gasteiger partial charge in [0.15, 0.2) is 0 Å². The molecule has 1 saturated heterocycles. The Bertz CT molecular complexity index is 1000. The van der Waals surface area contributed by atoms with Gasteiger partial charge in [0.05, 0.1) is 17.9 Å². The number of nitrogens with zero attached hydrogens (tertiary/aromatic N) is 2. The SMILES string of the molecule is CC1=C(C(=O)Nc2ccc(Cl)cc2C(=O)N2CCN(c3ccccc3)CC2)SCCO1. The molecule has 31 heavy (non-hydrogen) atoms. The molecule has 0 bridgehead atoms. The molecule has 6 nitrogen and oxygen atoms in total. The fourth-order valence-corrected chi connectivity index (χ4v) is 4.68. The highest BCUT2D eigenvalue weighted by Gasteiger charge is 2.26. The van der Waals surface area contributed by atoms with Crippen molar-refractivity contribution in [3.8, 4) is 0 Å². The standard InChI is InChI=1S/C23H24ClN3O3S/c1-16-21(31-14-13-30-16)22(28)25-20-8-7-17(24)15-19(20)23(29)27-11-9-26(10-12-27)18-5-3-2-4-6-18/h2-8,15H,9-14H2,1H3,(H,25,28). The second-order valence-electron chi connectivity index (χ2n) is 7.34. The molecule has 2 aliphatic rings. The lowest BCUT2D eigenvalue weighted by molar-refractivity contribution is -0.112. The summed E-state index contributed by atoms with van der Waals surface area (Å²) < 4.78 is 5.48. The van der Waals surface area contributed by atoms with Crippen molar-refractivity contribution in [3.05, 3.63) is 69.8 Å². The van der Waals surface area contributed by atoms with Crippen molar-refractivity contribution < 1.29 is 14.3 Å². The largest absolute Gasteiger partial charge is 0.496 e. The topological polar surface area (TPSA) is 61.9 Å². The Hall–Kier alpha value is -2.64. The highest BCUT2D eigenvalue weighted by molar-refractivity contribution is 8.04. The van der Waals surface area contributed by atoms with E-state index in [2.05, 4.69) is 22.3 Å². The van der Waals surface area contributed by atoms with Crippen LogP contribution in [0.1, 0.15) is 17.3 Å². The fourth-order valence-electron chi connectivity index (χ4n) is 3.69. The van der Waals surface area contributed by atoms with Gasteiger partial charge in [-0.1, -0.05) is 29.8 Å². The number of para-hydroxylation sites is 1. The van der Waals surface area contributed by atoms with Crippen LogP contribution in [0.15, 0.2) is 59.2 Å². The number of rotatable bonds is 4. The number of piperazine rings is 1. The zero-order chi connectivity index (χ0) is 21.8. The van der Waals surface area contributed by atoms with Crippen molar-refractivity contribution in [3.63, 3.8) is 0 Å². The van der Waals surface area contributed by atoms with Crippen LogP contribution in [-0.2, 0) is 9.53 Å². The van der Waals surface area contributed by atoms with Crippen molar-refractivity contribution in [2.45, 2.75) is 6.92 Å². The van der Waals surface area contributed by atoms with Crippen LogP contribution in [-0.4, -0.2) is 55.3 Å². The van der Waals surface area contributed by atoms with Crippen LogP contribution in [0.5, 0.6) is 0 Å². The van der Waals surface area contributed by atoms with E-state index < -0.39 is 0 Å². The van der Waals surface area contributed by atoms with Gasteiger partial charge in [0, 0.05) is 42.6 Å². The van der Waals surface area contributed by atoms with Crippen LogP contribution >= 0.6 is 23.4 Å². The lowest BCUT2D eigenvalue weighted by Gasteiger charge is -2.36. The molecule has 0 unspecified atom stereocenters. The van der Waals surface area contributed by atoms with E-state index in [0.29, 0.717) is 46.6 Å². The molecule has 2 amide bonds. The number of carbonyl (C=O) groups excluding carboxylic acids is 2. The molecule has 2 aromatic rings. The summed E-state index contributed by atoms with van der Waals surface area (Å²) in [7, 11) is 0. The minimum absolute atomic E-state index is 0.135. The number of halogens is 1. The lowest BCUT2D eigenvalue weighted by atomic mass is 10.1. The van der Waals surface area contributed by atoms with Gasteiger partial charge < -0.3 is 19.9 Å². The molecule has 0 aromatic heterocycles. The molecule has 0 saturated carbocycles. The summed E-state index contributed by atoms with van der Waals surface area (Å²) in [5.41, 5.74) is 2.01. The summed E-state index contributed by atoms with van der Waals surface area (Å²) in [5, 5.41) is 3.33. The van der Waals surface area contributed by atoms with Crippen LogP contribution in [0.4, 0.5) is 11.4 Å². The number of ether oxygens (including phenoxy) is 1. The van der Waals surface area contributed by atoms with Crippen LogP contribution in [0.25, 0.3) is 0 Å². The van der Waals surface area contributed by atoms with Gasteiger partial charge in [0.1, 0.15) is 10.7 Å². The number of carbonyl (C=O) groups is 2. The molecular weight excluding hydrogens is 434 g/mol. The quantitative estimate of drug-likeness (QED) is 0.744. The number of allylic oxidation sites excluding steroid dienone is 1. The third kappa shape index (κ3) is 4.99. The smallest absolute Gasteiger partial charge is 0.265 e. The fraction of sp³-hybridized carbons (Fsp3) is 0.304. The molecular formula is C23H24ClN3O3S. The minimum Gasteiger partial charge on any atom is -0.496 e.